The Balaban J connectivity index is 1.31. The van der Waals surface area contributed by atoms with Crippen LogP contribution in [-0.4, -0.2) is 72.9 Å². The fraction of sp³-hybridized carbons (Fsp3) is 0.536. The molecule has 2 N–H and O–H groups in total. The number of rotatable bonds is 11. The van der Waals surface area contributed by atoms with Crippen molar-refractivity contribution in [3.63, 3.8) is 0 Å². The van der Waals surface area contributed by atoms with Crippen LogP contribution >= 0.6 is 0 Å². The maximum atomic E-state index is 12.5. The van der Waals surface area contributed by atoms with Gasteiger partial charge in [0.25, 0.3) is 0 Å². The molecule has 2 aliphatic rings. The number of hydrogen-bond acceptors (Lipinski definition) is 7. The summed E-state index contributed by atoms with van der Waals surface area (Å²) in [5.41, 5.74) is 1.93. The number of methoxy groups -OCH3 is 1. The quantitative estimate of drug-likeness (QED) is 0.487. The predicted molar refractivity (Wildman–Crippen MR) is 143 cm³/mol. The lowest BCUT2D eigenvalue weighted by Crippen LogP contribution is -2.38. The van der Waals surface area contributed by atoms with E-state index >= 15 is 0 Å². The number of aryl methyl sites for hydroxylation is 1. The molecule has 1 amide bonds. The first-order chi connectivity index (χ1) is 17.5. The first kappa shape index (κ1) is 25.9. The van der Waals surface area contributed by atoms with E-state index in [9.17, 15) is 9.59 Å². The summed E-state index contributed by atoms with van der Waals surface area (Å²) in [6.07, 6.45) is 5.58. The van der Waals surface area contributed by atoms with Crippen LogP contribution in [0.2, 0.25) is 0 Å². The van der Waals surface area contributed by atoms with Gasteiger partial charge in [0.1, 0.15) is 23.2 Å². The minimum Gasteiger partial charge on any atom is -0.496 e. The van der Waals surface area contributed by atoms with Crippen LogP contribution in [0.4, 0.5) is 17.3 Å². The Hall–Kier alpha value is -3.13. The Morgan fingerprint density at radius 2 is 1.81 bits per heavy atom. The molecule has 0 bridgehead atoms. The van der Waals surface area contributed by atoms with Crippen molar-refractivity contribution in [2.24, 2.45) is 5.92 Å². The highest BCUT2D eigenvalue weighted by Gasteiger charge is 2.20. The molecule has 3 heterocycles. The van der Waals surface area contributed by atoms with Gasteiger partial charge in [-0.1, -0.05) is 6.07 Å². The summed E-state index contributed by atoms with van der Waals surface area (Å²) < 4.78 is 5.55. The number of carbonyl (C=O) groups is 2. The van der Waals surface area contributed by atoms with Crippen molar-refractivity contribution in [3.8, 4) is 5.75 Å². The molecule has 1 aromatic heterocycles. The molecular weight excluding hydrogens is 454 g/mol. The van der Waals surface area contributed by atoms with Gasteiger partial charge < -0.3 is 20.3 Å². The van der Waals surface area contributed by atoms with E-state index in [0.29, 0.717) is 25.3 Å². The van der Waals surface area contributed by atoms with Crippen molar-refractivity contribution in [3.05, 3.63) is 42.0 Å². The normalized spacial score (nSPS) is 16.7. The summed E-state index contributed by atoms with van der Waals surface area (Å²) in [6.45, 7) is 6.78. The maximum absolute atomic E-state index is 12.5. The summed E-state index contributed by atoms with van der Waals surface area (Å²) in [5, 5.41) is 6.86. The molecule has 2 aromatic rings. The van der Waals surface area contributed by atoms with Crippen LogP contribution in [0.3, 0.4) is 0 Å². The van der Waals surface area contributed by atoms with Gasteiger partial charge in [-0.2, -0.15) is 0 Å². The zero-order valence-electron chi connectivity index (χ0n) is 21.6. The summed E-state index contributed by atoms with van der Waals surface area (Å²) in [7, 11) is 1.67. The topological polar surface area (TPSA) is 86.8 Å². The molecule has 1 aromatic carbocycles. The predicted octanol–water partition coefficient (Wildman–Crippen LogP) is 4.10. The van der Waals surface area contributed by atoms with Crippen molar-refractivity contribution in [2.45, 2.75) is 45.4 Å². The van der Waals surface area contributed by atoms with Crippen molar-refractivity contribution in [1.29, 1.82) is 0 Å². The van der Waals surface area contributed by atoms with Crippen molar-refractivity contribution in [1.82, 2.24) is 14.8 Å². The minimum atomic E-state index is 0.164. The van der Waals surface area contributed by atoms with Crippen LogP contribution in [-0.2, 0) is 16.0 Å². The van der Waals surface area contributed by atoms with Crippen LogP contribution in [0.1, 0.15) is 44.6 Å². The lowest BCUT2D eigenvalue weighted by atomic mass is 9.97. The second-order valence-electron chi connectivity index (χ2n) is 9.91. The lowest BCUT2D eigenvalue weighted by molar-refractivity contribution is -0.130. The standard InChI is InChI=1S/C28H39N5O3/c1-21(34)33-16-12-22(13-17-33)19-29-27-6-5-7-28(31-27)30-24-9-11-26(36-2)23(18-24)8-10-25(35)20-32-14-3-4-15-32/h5-7,9,11,18,22H,3-4,8,10,12-17,19-20H2,1-2H3,(H2,29,30,31). The number of aromatic nitrogens is 1. The number of benzene rings is 1. The lowest BCUT2D eigenvalue weighted by Gasteiger charge is -2.31. The Bertz CT molecular complexity index is 1030. The molecule has 0 atom stereocenters. The van der Waals surface area contributed by atoms with Gasteiger partial charge >= 0.3 is 0 Å². The third-order valence-electron chi connectivity index (χ3n) is 7.21. The van der Waals surface area contributed by atoms with E-state index in [0.717, 1.165) is 74.2 Å². The van der Waals surface area contributed by atoms with E-state index in [1.165, 1.54) is 12.8 Å². The SMILES string of the molecule is COc1ccc(Nc2cccc(NCC3CCN(C(C)=O)CC3)n2)cc1CCC(=O)CN1CCCC1. The number of likely N-dealkylation sites (tertiary alicyclic amines) is 2. The van der Waals surface area contributed by atoms with Crippen molar-refractivity contribution in [2.75, 3.05) is 57.0 Å². The number of ketones is 1. The Kier molecular flexibility index (Phi) is 9.17. The Morgan fingerprint density at radius 1 is 1.06 bits per heavy atom. The third kappa shape index (κ3) is 7.43. The number of pyridine rings is 1. The van der Waals surface area contributed by atoms with Gasteiger partial charge in [-0.05, 0) is 87.0 Å². The van der Waals surface area contributed by atoms with Crippen molar-refractivity contribution < 1.29 is 14.3 Å². The van der Waals surface area contributed by atoms with Crippen molar-refractivity contribution >= 4 is 29.0 Å². The molecule has 0 spiro atoms. The molecule has 194 valence electrons. The van der Waals surface area contributed by atoms with Gasteiger partial charge in [0.05, 0.1) is 13.7 Å². The first-order valence-corrected chi connectivity index (χ1v) is 13.1. The third-order valence-corrected chi connectivity index (χ3v) is 7.21. The number of Topliss-reactive ketones (excluding diaryl/α,β-unsaturated/α-hetero) is 1. The number of anilines is 3. The van der Waals surface area contributed by atoms with Gasteiger partial charge in [0, 0.05) is 38.7 Å². The molecule has 8 nitrogen and oxygen atoms in total. The number of nitrogens with zero attached hydrogens (tertiary/aromatic N) is 3. The monoisotopic (exact) mass is 493 g/mol. The second kappa shape index (κ2) is 12.7. The van der Waals surface area contributed by atoms with Crippen LogP contribution in [0, 0.1) is 5.92 Å². The average molecular weight is 494 g/mol. The number of piperidine rings is 1. The van der Waals surface area contributed by atoms with Gasteiger partial charge in [-0.3, -0.25) is 14.5 Å². The molecule has 2 aliphatic heterocycles. The molecule has 36 heavy (non-hydrogen) atoms. The van der Waals surface area contributed by atoms with Crippen LogP contribution in [0.25, 0.3) is 0 Å². The van der Waals surface area contributed by atoms with Gasteiger partial charge in [0.2, 0.25) is 5.91 Å². The van der Waals surface area contributed by atoms with Gasteiger partial charge in [-0.15, -0.1) is 0 Å². The zero-order valence-corrected chi connectivity index (χ0v) is 21.6. The number of amides is 1. The van der Waals surface area contributed by atoms with E-state index in [2.05, 4.69) is 15.5 Å². The first-order valence-electron chi connectivity index (χ1n) is 13.1. The van der Waals surface area contributed by atoms with E-state index in [1.807, 2.05) is 41.3 Å². The molecule has 0 unspecified atom stereocenters. The summed E-state index contributed by atoms with van der Waals surface area (Å²) >= 11 is 0. The summed E-state index contributed by atoms with van der Waals surface area (Å²) in [5.74, 6) is 3.37. The number of nitrogens with one attached hydrogen (secondary N) is 2. The number of ether oxygens (including phenoxy) is 1. The largest absolute Gasteiger partial charge is 0.496 e. The number of carbonyl (C=O) groups excluding carboxylic acids is 2. The van der Waals surface area contributed by atoms with Gasteiger partial charge in [-0.25, -0.2) is 4.98 Å². The van der Waals surface area contributed by atoms with E-state index in [1.54, 1.807) is 14.0 Å². The fourth-order valence-corrected chi connectivity index (χ4v) is 5.05. The van der Waals surface area contributed by atoms with Crippen LogP contribution in [0.15, 0.2) is 36.4 Å². The highest BCUT2D eigenvalue weighted by Crippen LogP contribution is 2.26. The van der Waals surface area contributed by atoms with E-state index < -0.39 is 0 Å². The van der Waals surface area contributed by atoms with E-state index in [4.69, 9.17) is 9.72 Å². The molecule has 0 aliphatic carbocycles. The number of hydrogen-bond donors (Lipinski definition) is 2. The summed E-state index contributed by atoms with van der Waals surface area (Å²) in [4.78, 5) is 32.9. The highest BCUT2D eigenvalue weighted by molar-refractivity contribution is 5.81. The zero-order chi connectivity index (χ0) is 25.3. The average Bonchev–Trinajstić information content (AvgIpc) is 3.40. The van der Waals surface area contributed by atoms with Crippen LogP contribution < -0.4 is 15.4 Å². The molecule has 0 saturated carbocycles. The Labute approximate surface area is 214 Å². The Morgan fingerprint density at radius 3 is 2.53 bits per heavy atom. The molecule has 2 saturated heterocycles. The fourth-order valence-electron chi connectivity index (χ4n) is 5.05. The molecule has 4 rings (SSSR count). The highest BCUT2D eigenvalue weighted by atomic mass is 16.5. The van der Waals surface area contributed by atoms with Gasteiger partial charge in [0.15, 0.2) is 0 Å². The van der Waals surface area contributed by atoms with E-state index in [-0.39, 0.29) is 11.7 Å². The smallest absolute Gasteiger partial charge is 0.219 e. The molecule has 2 fully saturated rings. The maximum Gasteiger partial charge on any atom is 0.219 e. The van der Waals surface area contributed by atoms with Crippen LogP contribution in [0.5, 0.6) is 5.75 Å². The second-order valence-corrected chi connectivity index (χ2v) is 9.91. The molecule has 0 radical (unpaired) electrons. The summed E-state index contributed by atoms with van der Waals surface area (Å²) in [6, 6.07) is 11.9. The molecular formula is C28H39N5O3. The minimum absolute atomic E-state index is 0.164. The molecule has 8 heteroatoms.